The summed E-state index contributed by atoms with van der Waals surface area (Å²) in [5, 5.41) is 0. The highest BCUT2D eigenvalue weighted by molar-refractivity contribution is 5.86. The van der Waals surface area contributed by atoms with Gasteiger partial charge in [-0.2, -0.15) is 0 Å². The fraction of sp³-hybridized carbons (Fsp3) is 0.926. The molecular formula is C27H53NO5. The van der Waals surface area contributed by atoms with E-state index in [-0.39, 0.29) is 42.0 Å². The molecule has 0 aliphatic heterocycles. The highest BCUT2D eigenvalue weighted by Gasteiger charge is 2.28. The Hall–Kier alpha value is -0.980. The molecule has 0 atom stereocenters. The Kier molecular flexibility index (Phi) is 14.7. The summed E-state index contributed by atoms with van der Waals surface area (Å²) in [6.45, 7) is 23.6. The van der Waals surface area contributed by atoms with Crippen molar-refractivity contribution in [2.75, 3.05) is 32.9 Å². The summed E-state index contributed by atoms with van der Waals surface area (Å²) in [5.41, 5.74) is -0.606. The second kappa shape index (κ2) is 15.1. The number of rotatable bonds is 17. The number of carbonyl (C=O) groups excluding carboxylic acids is 2. The van der Waals surface area contributed by atoms with Crippen LogP contribution in [0.15, 0.2) is 0 Å². The normalized spacial score (nSPS) is 13.1. The molecule has 0 heterocycles. The molecule has 0 spiro atoms. The average molecular weight is 472 g/mol. The molecule has 196 valence electrons. The Morgan fingerprint density at radius 2 is 1.42 bits per heavy atom. The van der Waals surface area contributed by atoms with Crippen LogP contribution in [0, 0.1) is 5.41 Å². The largest absolute Gasteiger partial charge is 0.463 e. The third-order valence-electron chi connectivity index (χ3n) is 5.65. The van der Waals surface area contributed by atoms with Crippen LogP contribution in [0.25, 0.3) is 0 Å². The minimum atomic E-state index is -0.864. The van der Waals surface area contributed by atoms with Crippen LogP contribution in [0.3, 0.4) is 0 Å². The predicted molar refractivity (Wildman–Crippen MR) is 136 cm³/mol. The van der Waals surface area contributed by atoms with E-state index in [0.717, 1.165) is 38.8 Å². The lowest BCUT2D eigenvalue weighted by Gasteiger charge is -2.37. The van der Waals surface area contributed by atoms with Crippen molar-refractivity contribution in [1.29, 1.82) is 0 Å². The lowest BCUT2D eigenvalue weighted by molar-refractivity contribution is -0.151. The van der Waals surface area contributed by atoms with Gasteiger partial charge >= 0.3 is 5.97 Å². The number of unbranched alkanes of at least 4 members (excludes halogenated alkanes) is 2. The molecule has 0 saturated carbocycles. The van der Waals surface area contributed by atoms with Crippen LogP contribution < -0.4 is 0 Å². The van der Waals surface area contributed by atoms with E-state index in [4.69, 9.17) is 14.2 Å². The van der Waals surface area contributed by atoms with Gasteiger partial charge in [0.05, 0.1) is 19.1 Å². The molecule has 6 heteroatoms. The van der Waals surface area contributed by atoms with Crippen molar-refractivity contribution < 1.29 is 23.8 Å². The second-order valence-electron chi connectivity index (χ2n) is 12.0. The quantitative estimate of drug-likeness (QED) is 0.197. The van der Waals surface area contributed by atoms with E-state index in [0.29, 0.717) is 19.4 Å². The van der Waals surface area contributed by atoms with Gasteiger partial charge < -0.3 is 14.2 Å². The molecule has 0 radical (unpaired) electrons. The van der Waals surface area contributed by atoms with E-state index in [1.165, 1.54) is 0 Å². The number of ketones is 1. The molecule has 0 N–H and O–H groups in total. The fourth-order valence-corrected chi connectivity index (χ4v) is 3.27. The molecule has 0 aliphatic carbocycles. The van der Waals surface area contributed by atoms with Gasteiger partial charge in [-0.25, -0.2) is 0 Å². The summed E-state index contributed by atoms with van der Waals surface area (Å²) in [6, 6.07) is 0. The van der Waals surface area contributed by atoms with Crippen LogP contribution in [0.4, 0.5) is 0 Å². The second-order valence-corrected chi connectivity index (χ2v) is 12.0. The number of esters is 1. The van der Waals surface area contributed by atoms with Crippen LogP contribution >= 0.6 is 0 Å². The monoisotopic (exact) mass is 471 g/mol. The van der Waals surface area contributed by atoms with Crippen molar-refractivity contribution >= 4 is 11.8 Å². The Bertz CT molecular complexity index is 558. The number of hydrogen-bond donors (Lipinski definition) is 0. The van der Waals surface area contributed by atoms with Gasteiger partial charge in [-0.15, -0.1) is 0 Å². The van der Waals surface area contributed by atoms with E-state index in [1.54, 1.807) is 13.8 Å². The molecule has 0 fully saturated rings. The van der Waals surface area contributed by atoms with Gasteiger partial charge in [0, 0.05) is 25.1 Å². The van der Waals surface area contributed by atoms with Crippen LogP contribution in [0.2, 0.25) is 0 Å². The van der Waals surface area contributed by atoms with E-state index in [9.17, 15) is 9.59 Å². The summed E-state index contributed by atoms with van der Waals surface area (Å²) >= 11 is 0. The van der Waals surface area contributed by atoms with Crippen molar-refractivity contribution in [2.24, 2.45) is 5.41 Å². The van der Waals surface area contributed by atoms with Gasteiger partial charge in [-0.1, -0.05) is 27.2 Å². The molecular weight excluding hydrogens is 418 g/mol. The van der Waals surface area contributed by atoms with E-state index in [2.05, 4.69) is 46.4 Å². The molecule has 0 rings (SSSR count). The van der Waals surface area contributed by atoms with Gasteiger partial charge in [0.15, 0.2) is 5.78 Å². The highest BCUT2D eigenvalue weighted by Crippen LogP contribution is 2.22. The molecule has 0 aromatic heterocycles. The number of nitrogens with zero attached hydrogens (tertiary/aromatic N) is 1. The van der Waals surface area contributed by atoms with Crippen molar-refractivity contribution in [1.82, 2.24) is 4.90 Å². The van der Waals surface area contributed by atoms with Crippen LogP contribution in [0.1, 0.15) is 108 Å². The molecule has 6 nitrogen and oxygen atoms in total. The number of ether oxygens (including phenoxy) is 3. The topological polar surface area (TPSA) is 65.1 Å². The third-order valence-corrected chi connectivity index (χ3v) is 5.65. The zero-order valence-corrected chi connectivity index (χ0v) is 23.3. The first-order valence-electron chi connectivity index (χ1n) is 12.7. The van der Waals surface area contributed by atoms with E-state index >= 15 is 0 Å². The third kappa shape index (κ3) is 17.2. The first kappa shape index (κ1) is 32.0. The summed E-state index contributed by atoms with van der Waals surface area (Å²) in [5.74, 6) is -0.144. The SMILES string of the molecule is CC(C)OCCCCCC(=O)C(C)(C)OCCOC(=O)CCN(CCC(C)(C)C)C(C)(C)C. The number of Topliss-reactive ketones (excluding diaryl/α,β-unsaturated/α-hetero) is 1. The maximum atomic E-state index is 12.5. The number of hydrogen-bond acceptors (Lipinski definition) is 6. The summed E-state index contributed by atoms with van der Waals surface area (Å²) < 4.78 is 16.6. The van der Waals surface area contributed by atoms with Crippen molar-refractivity contribution in [3.8, 4) is 0 Å². The fourth-order valence-electron chi connectivity index (χ4n) is 3.27. The molecule has 0 aromatic carbocycles. The van der Waals surface area contributed by atoms with Crippen molar-refractivity contribution in [3.05, 3.63) is 0 Å². The van der Waals surface area contributed by atoms with E-state index in [1.807, 2.05) is 13.8 Å². The molecule has 0 amide bonds. The van der Waals surface area contributed by atoms with Crippen LogP contribution in [0.5, 0.6) is 0 Å². The highest BCUT2D eigenvalue weighted by atomic mass is 16.6. The maximum Gasteiger partial charge on any atom is 0.307 e. The van der Waals surface area contributed by atoms with Crippen LogP contribution in [-0.4, -0.2) is 66.8 Å². The van der Waals surface area contributed by atoms with Gasteiger partial charge in [-0.05, 0) is 79.7 Å². The Morgan fingerprint density at radius 1 is 0.788 bits per heavy atom. The molecule has 0 bridgehead atoms. The van der Waals surface area contributed by atoms with Gasteiger partial charge in [0.1, 0.15) is 12.2 Å². The minimum absolute atomic E-state index is 0.000472. The smallest absolute Gasteiger partial charge is 0.307 e. The zero-order valence-electron chi connectivity index (χ0n) is 23.3. The number of carbonyl (C=O) groups is 2. The lowest BCUT2D eigenvalue weighted by Crippen LogP contribution is -2.44. The van der Waals surface area contributed by atoms with Gasteiger partial charge in [0.25, 0.3) is 0 Å². The van der Waals surface area contributed by atoms with Crippen molar-refractivity contribution in [3.63, 3.8) is 0 Å². The lowest BCUT2D eigenvalue weighted by atomic mass is 9.91. The molecule has 0 aliphatic rings. The average Bonchev–Trinajstić information content (AvgIpc) is 2.65. The zero-order chi connectivity index (χ0) is 25.7. The van der Waals surface area contributed by atoms with Crippen molar-refractivity contribution in [2.45, 2.75) is 125 Å². The first-order chi connectivity index (χ1) is 15.0. The Balaban J connectivity index is 4.17. The molecule has 0 unspecified atom stereocenters. The Labute approximate surface area is 204 Å². The maximum absolute atomic E-state index is 12.5. The van der Waals surface area contributed by atoms with Crippen LogP contribution in [-0.2, 0) is 23.8 Å². The summed E-state index contributed by atoms with van der Waals surface area (Å²) in [6.07, 6.45) is 4.93. The first-order valence-corrected chi connectivity index (χ1v) is 12.7. The Morgan fingerprint density at radius 3 is 1.97 bits per heavy atom. The minimum Gasteiger partial charge on any atom is -0.463 e. The van der Waals surface area contributed by atoms with E-state index < -0.39 is 5.60 Å². The molecule has 33 heavy (non-hydrogen) atoms. The van der Waals surface area contributed by atoms with Gasteiger partial charge in [-0.3, -0.25) is 14.5 Å². The molecule has 0 saturated heterocycles. The molecule has 0 aromatic rings. The predicted octanol–water partition coefficient (Wildman–Crippen LogP) is 5.81. The summed E-state index contributed by atoms with van der Waals surface area (Å²) in [7, 11) is 0. The standard InChI is InChI=1S/C27H53NO5/c1-22(2)31-19-13-11-12-14-23(29)27(9,10)33-21-20-32-24(30)15-17-28(26(6,7)8)18-16-25(3,4)5/h22H,11-21H2,1-10H3. The summed E-state index contributed by atoms with van der Waals surface area (Å²) in [4.78, 5) is 27.0. The van der Waals surface area contributed by atoms with Gasteiger partial charge in [0.2, 0.25) is 0 Å².